The first-order valence-corrected chi connectivity index (χ1v) is 6.21. The van der Waals surface area contributed by atoms with Gasteiger partial charge in [0, 0.05) is 18.7 Å². The van der Waals surface area contributed by atoms with Crippen LogP contribution in [0.5, 0.6) is 0 Å². The highest BCUT2D eigenvalue weighted by atomic mass is 19.1. The number of nitrogens with two attached hydrogens (primary N) is 1. The molecule has 0 radical (unpaired) electrons. The second kappa shape index (κ2) is 6.68. The quantitative estimate of drug-likeness (QED) is 0.338. The zero-order valence-corrected chi connectivity index (χ0v) is 10.9. The normalized spacial score (nSPS) is 11.6. The van der Waals surface area contributed by atoms with Crippen LogP contribution in [0.25, 0.3) is 0 Å². The number of benzene rings is 2. The van der Waals surface area contributed by atoms with E-state index in [2.05, 4.69) is 10.5 Å². The van der Waals surface area contributed by atoms with Gasteiger partial charge in [-0.2, -0.15) is 0 Å². The monoisotopic (exact) mass is 273 g/mol. The zero-order chi connectivity index (χ0) is 14.4. The van der Waals surface area contributed by atoms with Crippen molar-refractivity contribution in [2.45, 2.75) is 13.1 Å². The molecule has 0 fully saturated rings. The third-order valence-corrected chi connectivity index (χ3v) is 2.90. The number of hydrogen-bond acceptors (Lipinski definition) is 3. The molecule has 0 aliphatic rings. The summed E-state index contributed by atoms with van der Waals surface area (Å²) in [5, 5.41) is 14.9. The van der Waals surface area contributed by atoms with E-state index in [1.54, 1.807) is 18.2 Å². The molecular formula is C15H16FN3O. The van der Waals surface area contributed by atoms with Crippen LogP contribution in [-0.4, -0.2) is 11.0 Å². The van der Waals surface area contributed by atoms with Gasteiger partial charge in [-0.1, -0.05) is 35.5 Å². The Morgan fingerprint density at radius 3 is 2.50 bits per heavy atom. The molecule has 0 atom stereocenters. The van der Waals surface area contributed by atoms with Gasteiger partial charge in [-0.15, -0.1) is 0 Å². The summed E-state index contributed by atoms with van der Waals surface area (Å²) in [6, 6.07) is 13.8. The predicted octanol–water partition coefficient (Wildman–Crippen LogP) is 2.21. The van der Waals surface area contributed by atoms with Gasteiger partial charge in [0.25, 0.3) is 0 Å². The summed E-state index contributed by atoms with van der Waals surface area (Å²) in [7, 11) is 0. The van der Waals surface area contributed by atoms with Crippen LogP contribution in [0.3, 0.4) is 0 Å². The van der Waals surface area contributed by atoms with Crippen LogP contribution in [0.1, 0.15) is 16.7 Å². The summed E-state index contributed by atoms with van der Waals surface area (Å²) in [5.74, 6) is -0.148. The molecule has 0 unspecified atom stereocenters. The van der Waals surface area contributed by atoms with Crippen molar-refractivity contribution in [3.8, 4) is 0 Å². The molecule has 20 heavy (non-hydrogen) atoms. The Balaban J connectivity index is 1.92. The second-order valence-corrected chi connectivity index (χ2v) is 4.42. The fraction of sp³-hybridized carbons (Fsp3) is 0.133. The van der Waals surface area contributed by atoms with Crippen molar-refractivity contribution in [1.29, 1.82) is 0 Å². The van der Waals surface area contributed by atoms with Crippen molar-refractivity contribution in [3.05, 3.63) is 71.0 Å². The number of oxime groups is 1. The molecule has 0 saturated heterocycles. The predicted molar refractivity (Wildman–Crippen MR) is 75.9 cm³/mol. The minimum atomic E-state index is -0.236. The number of rotatable bonds is 5. The number of halogens is 1. The van der Waals surface area contributed by atoms with Crippen LogP contribution in [0.15, 0.2) is 53.7 Å². The number of hydrogen-bond donors (Lipinski definition) is 3. The lowest BCUT2D eigenvalue weighted by Gasteiger charge is -2.07. The van der Waals surface area contributed by atoms with Crippen LogP contribution in [0.2, 0.25) is 0 Å². The van der Waals surface area contributed by atoms with Gasteiger partial charge in [0.05, 0.1) is 0 Å². The molecule has 0 spiro atoms. The maximum atomic E-state index is 12.8. The number of amidine groups is 1. The smallest absolute Gasteiger partial charge is 0.170 e. The SMILES string of the molecule is NC(=NO)c1cccc(CNCc2ccc(F)cc2)c1. The van der Waals surface area contributed by atoms with Gasteiger partial charge in [-0.05, 0) is 29.3 Å². The average molecular weight is 273 g/mol. The van der Waals surface area contributed by atoms with E-state index in [0.29, 0.717) is 18.7 Å². The Hall–Kier alpha value is -2.40. The van der Waals surface area contributed by atoms with Gasteiger partial charge in [0.2, 0.25) is 0 Å². The number of nitrogens with zero attached hydrogens (tertiary/aromatic N) is 1. The standard InChI is InChI=1S/C15H16FN3O/c16-14-6-4-11(5-7-14)9-18-10-12-2-1-3-13(8-12)15(17)19-20/h1-8,18,20H,9-10H2,(H2,17,19). The lowest BCUT2D eigenvalue weighted by Crippen LogP contribution is -2.15. The third kappa shape index (κ3) is 3.80. The molecule has 0 saturated carbocycles. The van der Waals surface area contributed by atoms with Crippen molar-refractivity contribution in [2.24, 2.45) is 10.9 Å². The van der Waals surface area contributed by atoms with E-state index in [1.807, 2.05) is 18.2 Å². The van der Waals surface area contributed by atoms with Gasteiger partial charge < -0.3 is 16.3 Å². The minimum absolute atomic E-state index is 0.0883. The van der Waals surface area contributed by atoms with Gasteiger partial charge >= 0.3 is 0 Å². The first-order valence-electron chi connectivity index (χ1n) is 6.21. The van der Waals surface area contributed by atoms with Crippen LogP contribution in [-0.2, 0) is 13.1 Å². The Labute approximate surface area is 116 Å². The Morgan fingerprint density at radius 2 is 1.80 bits per heavy atom. The highest BCUT2D eigenvalue weighted by Gasteiger charge is 2.00. The van der Waals surface area contributed by atoms with E-state index in [4.69, 9.17) is 10.9 Å². The van der Waals surface area contributed by atoms with Crippen LogP contribution >= 0.6 is 0 Å². The summed E-state index contributed by atoms with van der Waals surface area (Å²) in [6.07, 6.45) is 0. The second-order valence-electron chi connectivity index (χ2n) is 4.42. The topological polar surface area (TPSA) is 70.6 Å². The van der Waals surface area contributed by atoms with E-state index < -0.39 is 0 Å². The molecule has 5 heteroatoms. The first-order chi connectivity index (χ1) is 9.69. The molecule has 2 rings (SSSR count). The molecule has 104 valence electrons. The highest BCUT2D eigenvalue weighted by molar-refractivity contribution is 5.97. The van der Waals surface area contributed by atoms with Gasteiger partial charge in [-0.25, -0.2) is 4.39 Å². The molecule has 0 amide bonds. The van der Waals surface area contributed by atoms with Crippen LogP contribution in [0, 0.1) is 5.82 Å². The van der Waals surface area contributed by atoms with Crippen molar-refractivity contribution < 1.29 is 9.60 Å². The molecule has 0 heterocycles. The Bertz CT molecular complexity index is 596. The third-order valence-electron chi connectivity index (χ3n) is 2.90. The van der Waals surface area contributed by atoms with Crippen LogP contribution < -0.4 is 11.1 Å². The fourth-order valence-electron chi connectivity index (χ4n) is 1.85. The van der Waals surface area contributed by atoms with Gasteiger partial charge in [0.15, 0.2) is 5.84 Å². The number of nitrogens with one attached hydrogen (secondary N) is 1. The molecule has 4 N–H and O–H groups in total. The molecule has 2 aromatic rings. The first kappa shape index (κ1) is 14.0. The van der Waals surface area contributed by atoms with Crippen molar-refractivity contribution in [2.75, 3.05) is 0 Å². The van der Waals surface area contributed by atoms with Gasteiger partial charge in [0.1, 0.15) is 5.82 Å². The zero-order valence-electron chi connectivity index (χ0n) is 10.9. The van der Waals surface area contributed by atoms with Crippen molar-refractivity contribution in [3.63, 3.8) is 0 Å². The molecule has 0 aromatic heterocycles. The van der Waals surface area contributed by atoms with Crippen molar-refractivity contribution in [1.82, 2.24) is 5.32 Å². The minimum Gasteiger partial charge on any atom is -0.409 e. The summed E-state index contributed by atoms with van der Waals surface area (Å²) >= 11 is 0. The molecule has 0 aliphatic heterocycles. The highest BCUT2D eigenvalue weighted by Crippen LogP contribution is 2.06. The van der Waals surface area contributed by atoms with E-state index in [0.717, 1.165) is 11.1 Å². The fourth-order valence-corrected chi connectivity index (χ4v) is 1.85. The lowest BCUT2D eigenvalue weighted by atomic mass is 10.1. The van der Waals surface area contributed by atoms with E-state index in [9.17, 15) is 4.39 Å². The Morgan fingerprint density at radius 1 is 1.10 bits per heavy atom. The largest absolute Gasteiger partial charge is 0.409 e. The van der Waals surface area contributed by atoms with Crippen LogP contribution in [0.4, 0.5) is 4.39 Å². The summed E-state index contributed by atoms with van der Waals surface area (Å²) in [5.41, 5.74) is 8.25. The Kier molecular flexibility index (Phi) is 4.68. The molecule has 0 aliphatic carbocycles. The maximum Gasteiger partial charge on any atom is 0.170 e. The summed E-state index contributed by atoms with van der Waals surface area (Å²) in [4.78, 5) is 0. The molecular weight excluding hydrogens is 257 g/mol. The molecule has 4 nitrogen and oxygen atoms in total. The van der Waals surface area contributed by atoms with Crippen molar-refractivity contribution >= 4 is 5.84 Å². The molecule has 0 bridgehead atoms. The van der Waals surface area contributed by atoms with E-state index >= 15 is 0 Å². The van der Waals surface area contributed by atoms with Gasteiger partial charge in [-0.3, -0.25) is 0 Å². The summed E-state index contributed by atoms with van der Waals surface area (Å²) in [6.45, 7) is 1.29. The van der Waals surface area contributed by atoms with E-state index in [-0.39, 0.29) is 11.7 Å². The maximum absolute atomic E-state index is 12.8. The lowest BCUT2D eigenvalue weighted by molar-refractivity contribution is 0.318. The average Bonchev–Trinajstić information content (AvgIpc) is 2.49. The summed E-state index contributed by atoms with van der Waals surface area (Å²) < 4.78 is 12.8. The molecule has 2 aromatic carbocycles. The van der Waals surface area contributed by atoms with E-state index in [1.165, 1.54) is 12.1 Å².